The summed E-state index contributed by atoms with van der Waals surface area (Å²) in [6.07, 6.45) is 5.82. The summed E-state index contributed by atoms with van der Waals surface area (Å²) in [5.41, 5.74) is 1.72. The van der Waals surface area contributed by atoms with Crippen LogP contribution in [0.2, 0.25) is 0 Å². The quantitative estimate of drug-likeness (QED) is 0.343. The molecule has 0 amide bonds. The number of carbonyl (C=O) groups excluding carboxylic acids is 2. The molecule has 10 heteroatoms. The minimum absolute atomic E-state index is 0. The standard InChI is InChI=1S/C23H27FN4O3S.ClH/c1-2-31-23(30)19-13-25-26-28(19)12-9-16-14-27(11-10-20(16)32)21(22(29)15-7-8-15)17-5-3-4-6-18(17)24;/h3-6,9,13,15,20-21,32H,2,7-8,10-12,14H2,1H3;1H. The lowest BCUT2D eigenvalue weighted by molar-refractivity contribution is -0.126. The maximum absolute atomic E-state index is 14.7. The maximum Gasteiger partial charge on any atom is 0.358 e. The Morgan fingerprint density at radius 1 is 1.30 bits per heavy atom. The Balaban J connectivity index is 0.00000306. The molecule has 2 aliphatic rings. The third-order valence-corrected chi connectivity index (χ3v) is 6.54. The molecule has 4 rings (SSSR count). The molecule has 1 aliphatic heterocycles. The van der Waals surface area contributed by atoms with Crippen molar-refractivity contribution < 1.29 is 18.7 Å². The van der Waals surface area contributed by atoms with E-state index in [2.05, 4.69) is 10.3 Å². The summed E-state index contributed by atoms with van der Waals surface area (Å²) in [6.45, 7) is 3.49. The number of hydrogen-bond donors (Lipinski definition) is 1. The topological polar surface area (TPSA) is 77.3 Å². The van der Waals surface area contributed by atoms with Crippen molar-refractivity contribution in [3.8, 4) is 0 Å². The zero-order valence-corrected chi connectivity index (χ0v) is 20.1. The molecule has 33 heavy (non-hydrogen) atoms. The summed E-state index contributed by atoms with van der Waals surface area (Å²) in [6, 6.07) is 5.93. The summed E-state index contributed by atoms with van der Waals surface area (Å²) in [4.78, 5) is 27.3. The summed E-state index contributed by atoms with van der Waals surface area (Å²) in [7, 11) is 0. The zero-order valence-electron chi connectivity index (χ0n) is 18.4. The van der Waals surface area contributed by atoms with E-state index in [4.69, 9.17) is 17.4 Å². The van der Waals surface area contributed by atoms with E-state index in [1.807, 2.05) is 11.0 Å². The van der Waals surface area contributed by atoms with Gasteiger partial charge >= 0.3 is 5.97 Å². The third kappa shape index (κ3) is 5.83. The highest BCUT2D eigenvalue weighted by atomic mass is 35.5. The van der Waals surface area contributed by atoms with E-state index in [1.54, 1.807) is 25.1 Å². The molecule has 2 fully saturated rings. The normalized spacial score (nSPS) is 20.8. The van der Waals surface area contributed by atoms with E-state index >= 15 is 0 Å². The zero-order chi connectivity index (χ0) is 22.7. The average Bonchev–Trinajstić information content (AvgIpc) is 3.53. The van der Waals surface area contributed by atoms with Gasteiger partial charge in [-0.15, -0.1) is 17.5 Å². The number of esters is 1. The molecule has 178 valence electrons. The first-order valence-electron chi connectivity index (χ1n) is 10.9. The predicted octanol–water partition coefficient (Wildman–Crippen LogP) is 3.67. The van der Waals surface area contributed by atoms with E-state index in [9.17, 15) is 14.0 Å². The number of allylic oxidation sites excluding steroid dienone is 1. The molecule has 0 N–H and O–H groups in total. The Morgan fingerprint density at radius 3 is 2.76 bits per heavy atom. The van der Waals surface area contributed by atoms with Crippen LogP contribution < -0.4 is 0 Å². The molecule has 2 aromatic rings. The van der Waals surface area contributed by atoms with Gasteiger partial charge in [0.05, 0.1) is 25.4 Å². The first-order valence-corrected chi connectivity index (χ1v) is 11.5. The summed E-state index contributed by atoms with van der Waals surface area (Å²) in [5.74, 6) is -0.721. The highest BCUT2D eigenvalue weighted by molar-refractivity contribution is 7.81. The molecular weight excluding hydrogens is 467 g/mol. The number of likely N-dealkylation sites (tertiary alicyclic amines) is 1. The van der Waals surface area contributed by atoms with Gasteiger partial charge in [-0.1, -0.05) is 29.5 Å². The number of piperidine rings is 1. The monoisotopic (exact) mass is 494 g/mol. The van der Waals surface area contributed by atoms with Crippen molar-refractivity contribution in [3.63, 3.8) is 0 Å². The fraction of sp³-hybridized carbons (Fsp3) is 0.478. The van der Waals surface area contributed by atoms with Gasteiger partial charge in [0, 0.05) is 29.8 Å². The van der Waals surface area contributed by atoms with Crippen LogP contribution in [0, 0.1) is 11.7 Å². The van der Waals surface area contributed by atoms with Crippen LogP contribution >= 0.6 is 25.0 Å². The number of halogens is 2. The Kier molecular flexibility index (Phi) is 8.67. The number of aromatic nitrogens is 3. The first-order chi connectivity index (χ1) is 15.5. The van der Waals surface area contributed by atoms with Crippen LogP contribution in [0.1, 0.15) is 48.3 Å². The molecule has 0 radical (unpaired) electrons. The van der Waals surface area contributed by atoms with Gasteiger partial charge < -0.3 is 4.74 Å². The van der Waals surface area contributed by atoms with Crippen LogP contribution in [-0.4, -0.2) is 56.6 Å². The number of carbonyl (C=O) groups is 2. The Morgan fingerprint density at radius 2 is 2.06 bits per heavy atom. The van der Waals surface area contributed by atoms with Gasteiger partial charge in [0.25, 0.3) is 0 Å². The van der Waals surface area contributed by atoms with E-state index < -0.39 is 12.0 Å². The number of thiol groups is 1. The number of benzene rings is 1. The SMILES string of the molecule is CCOC(=O)c1cnnn1CC=C1CN(C(C(=O)C2CC2)c2ccccc2F)CCC1S.Cl. The molecule has 2 heterocycles. The minimum atomic E-state index is -0.602. The van der Waals surface area contributed by atoms with Crippen LogP contribution in [0.15, 0.2) is 42.1 Å². The molecule has 7 nitrogen and oxygen atoms in total. The minimum Gasteiger partial charge on any atom is -0.461 e. The average molecular weight is 495 g/mol. The second-order valence-electron chi connectivity index (χ2n) is 8.18. The first kappa shape index (κ1) is 25.4. The molecule has 2 unspecified atom stereocenters. The molecule has 1 saturated heterocycles. The predicted molar refractivity (Wildman–Crippen MR) is 127 cm³/mol. The second-order valence-corrected chi connectivity index (χ2v) is 8.80. The van der Waals surface area contributed by atoms with Crippen molar-refractivity contribution in [2.75, 3.05) is 19.7 Å². The number of rotatable bonds is 8. The molecule has 1 aliphatic carbocycles. The molecule has 1 aromatic carbocycles. The van der Waals surface area contributed by atoms with Crippen molar-refractivity contribution >= 4 is 36.8 Å². The Hall–Kier alpha value is -2.23. The number of hydrogen-bond acceptors (Lipinski definition) is 7. The highest BCUT2D eigenvalue weighted by Gasteiger charge is 2.40. The lowest BCUT2D eigenvalue weighted by Crippen LogP contribution is -2.42. The van der Waals surface area contributed by atoms with E-state index in [0.29, 0.717) is 25.2 Å². The molecule has 0 spiro atoms. The maximum atomic E-state index is 14.7. The largest absolute Gasteiger partial charge is 0.461 e. The highest BCUT2D eigenvalue weighted by Crippen LogP contribution is 2.39. The Labute approximate surface area is 204 Å². The van der Waals surface area contributed by atoms with Gasteiger partial charge in [-0.25, -0.2) is 13.9 Å². The Bertz CT molecular complexity index is 1030. The number of ketones is 1. The van der Waals surface area contributed by atoms with Crippen molar-refractivity contribution in [3.05, 3.63) is 59.2 Å². The van der Waals surface area contributed by atoms with Gasteiger partial charge in [0.2, 0.25) is 0 Å². The van der Waals surface area contributed by atoms with Gasteiger partial charge in [-0.3, -0.25) is 9.69 Å². The van der Waals surface area contributed by atoms with Crippen molar-refractivity contribution in [1.29, 1.82) is 0 Å². The lowest BCUT2D eigenvalue weighted by Gasteiger charge is -2.37. The lowest BCUT2D eigenvalue weighted by atomic mass is 9.93. The number of ether oxygens (including phenoxy) is 1. The smallest absolute Gasteiger partial charge is 0.358 e. The summed E-state index contributed by atoms with van der Waals surface area (Å²) in [5, 5.41) is 7.81. The summed E-state index contributed by atoms with van der Waals surface area (Å²) < 4.78 is 21.2. The van der Waals surface area contributed by atoms with Gasteiger partial charge in [-0.05, 0) is 37.8 Å². The van der Waals surface area contributed by atoms with E-state index in [0.717, 1.165) is 24.8 Å². The number of Topliss-reactive ketones (excluding diaryl/α,β-unsaturated/α-hetero) is 1. The molecule has 0 bridgehead atoms. The van der Waals surface area contributed by atoms with Gasteiger partial charge in [0.15, 0.2) is 11.5 Å². The molecule has 1 aromatic heterocycles. The summed E-state index contributed by atoms with van der Waals surface area (Å²) >= 11 is 4.72. The fourth-order valence-corrected chi connectivity index (χ4v) is 4.39. The van der Waals surface area contributed by atoms with Crippen LogP contribution in [0.25, 0.3) is 0 Å². The van der Waals surface area contributed by atoms with Crippen LogP contribution in [0.5, 0.6) is 0 Å². The number of nitrogens with zero attached hydrogens (tertiary/aromatic N) is 4. The van der Waals surface area contributed by atoms with E-state index in [1.165, 1.54) is 16.9 Å². The van der Waals surface area contributed by atoms with Gasteiger partial charge in [0.1, 0.15) is 5.82 Å². The third-order valence-electron chi connectivity index (χ3n) is 5.95. The molecule has 2 atom stereocenters. The van der Waals surface area contributed by atoms with Crippen molar-refractivity contribution in [2.24, 2.45) is 5.92 Å². The van der Waals surface area contributed by atoms with Crippen LogP contribution in [0.3, 0.4) is 0 Å². The van der Waals surface area contributed by atoms with E-state index in [-0.39, 0.29) is 47.5 Å². The fourth-order valence-electron chi connectivity index (χ4n) is 4.09. The molecule has 1 saturated carbocycles. The van der Waals surface area contributed by atoms with Gasteiger partial charge in [-0.2, -0.15) is 12.6 Å². The second kappa shape index (κ2) is 11.3. The van der Waals surface area contributed by atoms with Crippen LogP contribution in [-0.2, 0) is 16.1 Å². The van der Waals surface area contributed by atoms with Crippen LogP contribution in [0.4, 0.5) is 4.39 Å². The van der Waals surface area contributed by atoms with Crippen molar-refractivity contribution in [2.45, 2.75) is 44.0 Å². The van der Waals surface area contributed by atoms with Crippen molar-refractivity contribution in [1.82, 2.24) is 19.9 Å². The molecular formula is C23H28ClFN4O3S.